The normalized spacial score (nSPS) is 15.4. The summed E-state index contributed by atoms with van der Waals surface area (Å²) < 4.78 is 17.1. The Hall–Kier alpha value is -2.50. The van der Waals surface area contributed by atoms with E-state index in [-0.39, 0.29) is 0 Å². The zero-order valence-electron chi connectivity index (χ0n) is 15.5. The molecule has 2 aromatic carbocycles. The molecule has 0 bridgehead atoms. The zero-order chi connectivity index (χ0) is 18.8. The Morgan fingerprint density at radius 1 is 1.11 bits per heavy atom. The number of ether oxygens (including phenoxy) is 1. The first-order valence-electron chi connectivity index (χ1n) is 9.00. The third kappa shape index (κ3) is 3.80. The van der Waals surface area contributed by atoms with Crippen LogP contribution >= 0.6 is 0 Å². The van der Waals surface area contributed by atoms with Gasteiger partial charge in [-0.25, -0.2) is 4.98 Å². The van der Waals surface area contributed by atoms with Gasteiger partial charge in [0, 0.05) is 33.1 Å². The lowest BCUT2D eigenvalue weighted by Crippen LogP contribution is -2.04. The summed E-state index contributed by atoms with van der Waals surface area (Å²) in [6.07, 6.45) is 4.69. The Morgan fingerprint density at radius 3 is 2.59 bits per heavy atom. The number of aryl methyl sites for hydroxylation is 1. The van der Waals surface area contributed by atoms with Crippen molar-refractivity contribution in [3.05, 3.63) is 65.9 Å². The zero-order valence-corrected chi connectivity index (χ0v) is 16.3. The molecule has 1 unspecified atom stereocenters. The average molecular weight is 378 g/mol. The van der Waals surface area contributed by atoms with Crippen molar-refractivity contribution in [1.29, 1.82) is 0 Å². The molecule has 5 heteroatoms. The number of H-pyrrole nitrogens is 1. The Bertz CT molecular complexity index is 1020. The summed E-state index contributed by atoms with van der Waals surface area (Å²) in [5, 5.41) is 0. The van der Waals surface area contributed by atoms with Crippen molar-refractivity contribution in [3.8, 4) is 22.6 Å². The minimum Gasteiger partial charge on any atom is -0.377 e. The molecule has 0 aliphatic carbocycles. The SMILES string of the molecule is Cc1cccc(-c2nc(-c3ccc(S(C)=O)cc3)[nH]c2C2=CCOCC2)c1. The van der Waals surface area contributed by atoms with E-state index in [0.29, 0.717) is 6.61 Å². The monoisotopic (exact) mass is 378 g/mol. The summed E-state index contributed by atoms with van der Waals surface area (Å²) in [5.74, 6) is 0.822. The van der Waals surface area contributed by atoms with Crippen molar-refractivity contribution in [2.75, 3.05) is 19.5 Å². The predicted molar refractivity (Wildman–Crippen MR) is 110 cm³/mol. The fraction of sp³-hybridized carbons (Fsp3) is 0.227. The fourth-order valence-electron chi connectivity index (χ4n) is 3.30. The molecule has 0 spiro atoms. The van der Waals surface area contributed by atoms with Gasteiger partial charge >= 0.3 is 0 Å². The van der Waals surface area contributed by atoms with Gasteiger partial charge in [0.05, 0.1) is 24.6 Å². The van der Waals surface area contributed by atoms with Crippen molar-refractivity contribution in [2.45, 2.75) is 18.2 Å². The first-order chi connectivity index (χ1) is 13.1. The van der Waals surface area contributed by atoms with Gasteiger partial charge in [-0.1, -0.05) is 42.0 Å². The molecule has 0 radical (unpaired) electrons. The van der Waals surface area contributed by atoms with Crippen LogP contribution in [-0.4, -0.2) is 33.6 Å². The van der Waals surface area contributed by atoms with E-state index in [1.165, 1.54) is 11.1 Å². The molecule has 0 fully saturated rings. The summed E-state index contributed by atoms with van der Waals surface area (Å²) >= 11 is 0. The second kappa shape index (κ2) is 7.62. The molecule has 1 aliphatic rings. The maximum Gasteiger partial charge on any atom is 0.138 e. The largest absolute Gasteiger partial charge is 0.377 e. The van der Waals surface area contributed by atoms with Gasteiger partial charge in [-0.3, -0.25) is 4.21 Å². The van der Waals surface area contributed by atoms with E-state index in [2.05, 4.69) is 42.2 Å². The van der Waals surface area contributed by atoms with E-state index in [1.54, 1.807) is 6.26 Å². The van der Waals surface area contributed by atoms with Gasteiger partial charge in [0.2, 0.25) is 0 Å². The van der Waals surface area contributed by atoms with Gasteiger partial charge in [-0.2, -0.15) is 0 Å². The van der Waals surface area contributed by atoms with Crippen molar-refractivity contribution in [1.82, 2.24) is 9.97 Å². The standard InChI is InChI=1S/C22H22N2O2S/c1-15-4-3-5-18(14-15)21-20(16-10-12-26-13-11-16)23-22(24-21)17-6-8-19(9-7-17)27(2)25/h3-10,14H,11-13H2,1-2H3,(H,23,24). The summed E-state index contributed by atoms with van der Waals surface area (Å²) in [5.41, 5.74) is 6.55. The predicted octanol–water partition coefficient (Wildman–Crippen LogP) is 4.59. The second-order valence-corrected chi connectivity index (χ2v) is 8.09. The van der Waals surface area contributed by atoms with E-state index in [1.807, 2.05) is 24.3 Å². The molecular weight excluding hydrogens is 356 g/mol. The highest BCUT2D eigenvalue weighted by atomic mass is 32.2. The molecule has 1 aromatic heterocycles. The van der Waals surface area contributed by atoms with E-state index in [0.717, 1.165) is 46.3 Å². The van der Waals surface area contributed by atoms with Crippen LogP contribution in [0.1, 0.15) is 17.7 Å². The number of rotatable bonds is 4. The van der Waals surface area contributed by atoms with Crippen LogP contribution in [0.5, 0.6) is 0 Å². The van der Waals surface area contributed by atoms with Crippen LogP contribution in [0.4, 0.5) is 0 Å². The van der Waals surface area contributed by atoms with Crippen LogP contribution in [-0.2, 0) is 15.5 Å². The highest BCUT2D eigenvalue weighted by Gasteiger charge is 2.18. The lowest BCUT2D eigenvalue weighted by atomic mass is 10.0. The highest BCUT2D eigenvalue weighted by molar-refractivity contribution is 7.84. The first kappa shape index (κ1) is 17.9. The number of benzene rings is 2. The number of nitrogens with zero attached hydrogens (tertiary/aromatic N) is 1. The molecule has 4 rings (SSSR count). The summed E-state index contributed by atoms with van der Waals surface area (Å²) in [7, 11) is -0.983. The van der Waals surface area contributed by atoms with Crippen LogP contribution < -0.4 is 0 Å². The highest BCUT2D eigenvalue weighted by Crippen LogP contribution is 2.33. The molecular formula is C22H22N2O2S. The van der Waals surface area contributed by atoms with Gasteiger partial charge in [0.15, 0.2) is 0 Å². The quantitative estimate of drug-likeness (QED) is 0.722. The third-order valence-electron chi connectivity index (χ3n) is 4.74. The fourth-order valence-corrected chi connectivity index (χ4v) is 3.82. The van der Waals surface area contributed by atoms with Gasteiger partial charge < -0.3 is 9.72 Å². The summed E-state index contributed by atoms with van der Waals surface area (Å²) in [4.78, 5) is 9.27. The average Bonchev–Trinajstić information content (AvgIpc) is 3.14. The third-order valence-corrected chi connectivity index (χ3v) is 5.68. The smallest absolute Gasteiger partial charge is 0.138 e. The maximum absolute atomic E-state index is 11.6. The first-order valence-corrected chi connectivity index (χ1v) is 10.6. The van der Waals surface area contributed by atoms with Crippen LogP contribution in [0.15, 0.2) is 59.5 Å². The molecule has 0 saturated heterocycles. The summed E-state index contributed by atoms with van der Waals surface area (Å²) in [6.45, 7) is 3.45. The molecule has 3 aromatic rings. The van der Waals surface area contributed by atoms with Gasteiger partial charge in [-0.15, -0.1) is 0 Å². The van der Waals surface area contributed by atoms with Crippen LogP contribution in [0.25, 0.3) is 28.2 Å². The molecule has 4 nitrogen and oxygen atoms in total. The Labute approximate surface area is 161 Å². The molecule has 1 N–H and O–H groups in total. The Balaban J connectivity index is 1.82. The van der Waals surface area contributed by atoms with E-state index in [4.69, 9.17) is 9.72 Å². The number of aromatic nitrogens is 2. The molecule has 138 valence electrons. The molecule has 2 heterocycles. The topological polar surface area (TPSA) is 55.0 Å². The van der Waals surface area contributed by atoms with E-state index >= 15 is 0 Å². The lowest BCUT2D eigenvalue weighted by molar-refractivity contribution is 0.161. The minimum absolute atomic E-state index is 0.633. The molecule has 0 saturated carbocycles. The maximum atomic E-state index is 11.6. The van der Waals surface area contributed by atoms with Crippen molar-refractivity contribution in [2.24, 2.45) is 0 Å². The summed E-state index contributed by atoms with van der Waals surface area (Å²) in [6, 6.07) is 16.1. The number of hydrogen-bond donors (Lipinski definition) is 1. The lowest BCUT2D eigenvalue weighted by Gasteiger charge is -2.13. The van der Waals surface area contributed by atoms with Crippen molar-refractivity contribution in [3.63, 3.8) is 0 Å². The number of imidazole rings is 1. The van der Waals surface area contributed by atoms with Crippen LogP contribution in [0, 0.1) is 6.92 Å². The van der Waals surface area contributed by atoms with Crippen LogP contribution in [0.3, 0.4) is 0 Å². The van der Waals surface area contributed by atoms with E-state index in [9.17, 15) is 4.21 Å². The van der Waals surface area contributed by atoms with Crippen LogP contribution in [0.2, 0.25) is 0 Å². The Kier molecular flexibility index (Phi) is 5.05. The van der Waals surface area contributed by atoms with E-state index < -0.39 is 10.8 Å². The number of hydrogen-bond acceptors (Lipinski definition) is 3. The van der Waals surface area contributed by atoms with Gasteiger partial charge in [0.25, 0.3) is 0 Å². The second-order valence-electron chi connectivity index (χ2n) is 6.71. The van der Waals surface area contributed by atoms with Gasteiger partial charge in [0.1, 0.15) is 5.82 Å². The number of nitrogens with one attached hydrogen (secondary N) is 1. The molecule has 1 atom stereocenters. The Morgan fingerprint density at radius 2 is 1.93 bits per heavy atom. The number of aromatic amines is 1. The molecule has 0 amide bonds. The minimum atomic E-state index is -0.983. The van der Waals surface area contributed by atoms with Crippen molar-refractivity contribution < 1.29 is 8.95 Å². The molecule has 1 aliphatic heterocycles. The van der Waals surface area contributed by atoms with Crippen molar-refractivity contribution >= 4 is 16.4 Å². The van der Waals surface area contributed by atoms with Gasteiger partial charge in [-0.05, 0) is 37.1 Å². The molecule has 27 heavy (non-hydrogen) atoms.